The summed E-state index contributed by atoms with van der Waals surface area (Å²) in [7, 11) is 0. The predicted molar refractivity (Wildman–Crippen MR) is 84.2 cm³/mol. The molecule has 0 aromatic carbocycles. The topological polar surface area (TPSA) is 58.6 Å². The van der Waals surface area contributed by atoms with Crippen LogP contribution in [-0.4, -0.2) is 22.9 Å². The zero-order valence-corrected chi connectivity index (χ0v) is 13.4. The number of carbonyl (C=O) groups is 1. The van der Waals surface area contributed by atoms with Crippen LogP contribution in [0.15, 0.2) is 29.7 Å². The van der Waals surface area contributed by atoms with Crippen LogP contribution in [0.25, 0.3) is 0 Å². The summed E-state index contributed by atoms with van der Waals surface area (Å²) in [5.74, 6) is 0.300. The van der Waals surface area contributed by atoms with Crippen molar-refractivity contribution in [1.82, 2.24) is 5.32 Å². The molecule has 2 N–H and O–H groups in total. The first-order valence-corrected chi connectivity index (χ1v) is 8.11. The number of hydrogen-bond acceptors (Lipinski definition) is 4. The monoisotopic (exact) mass is 309 g/mol. The maximum atomic E-state index is 11.9. The average Bonchev–Trinajstić information content (AvgIpc) is 2.91. The highest BCUT2D eigenvalue weighted by Gasteiger charge is 2.41. The molecule has 1 amide bonds. The van der Waals surface area contributed by atoms with E-state index in [-0.39, 0.29) is 0 Å². The van der Waals surface area contributed by atoms with Crippen molar-refractivity contribution in [3.63, 3.8) is 0 Å². The summed E-state index contributed by atoms with van der Waals surface area (Å²) >= 11 is 1.58. The second-order valence-corrected chi connectivity index (χ2v) is 7.04. The van der Waals surface area contributed by atoms with Crippen LogP contribution in [-0.2, 0) is 11.3 Å². The molecule has 0 spiro atoms. The number of hydrogen-bond donors (Lipinski definition) is 2. The summed E-state index contributed by atoms with van der Waals surface area (Å²) < 4.78 is 5.41. The van der Waals surface area contributed by atoms with Crippen LogP contribution in [0.5, 0.6) is 0 Å². The van der Waals surface area contributed by atoms with E-state index >= 15 is 0 Å². The second-order valence-electron chi connectivity index (χ2n) is 6.01. The molecule has 0 radical (unpaired) electrons. The van der Waals surface area contributed by atoms with Crippen molar-refractivity contribution in [2.45, 2.75) is 51.4 Å². The van der Waals surface area contributed by atoms with Gasteiger partial charge in [-0.3, -0.25) is 0 Å². The number of carbonyl (C=O) groups excluding carboxylic acids is 1. The van der Waals surface area contributed by atoms with Gasteiger partial charge in [0.2, 0.25) is 0 Å². The molecule has 1 saturated carbocycles. The number of thiophene rings is 1. The molecule has 1 aliphatic carbocycles. The van der Waals surface area contributed by atoms with Gasteiger partial charge in [0.1, 0.15) is 6.10 Å². The smallest absolute Gasteiger partial charge is 0.407 e. The Morgan fingerprint density at radius 2 is 2.38 bits per heavy atom. The molecule has 1 aromatic rings. The first-order chi connectivity index (χ1) is 9.88. The van der Waals surface area contributed by atoms with Crippen molar-refractivity contribution >= 4 is 17.4 Å². The minimum atomic E-state index is -0.998. The SMILES string of the molecule is C=C(C)[C@H]1CCC(OC(=O)NCc2cccs2)[C@@](C)(O)C1. The molecule has 2 rings (SSSR count). The van der Waals surface area contributed by atoms with Gasteiger partial charge in [0.05, 0.1) is 12.1 Å². The number of rotatable bonds is 4. The molecular formula is C16H23NO3S. The van der Waals surface area contributed by atoms with Crippen molar-refractivity contribution < 1.29 is 14.6 Å². The van der Waals surface area contributed by atoms with E-state index in [0.29, 0.717) is 25.3 Å². The molecule has 0 bridgehead atoms. The number of ether oxygens (including phenoxy) is 1. The highest BCUT2D eigenvalue weighted by molar-refractivity contribution is 7.09. The predicted octanol–water partition coefficient (Wildman–Crippen LogP) is 3.47. The van der Waals surface area contributed by atoms with Crippen molar-refractivity contribution in [2.75, 3.05) is 0 Å². The van der Waals surface area contributed by atoms with Gasteiger partial charge in [0.15, 0.2) is 0 Å². The Labute approximate surface area is 129 Å². The standard InChI is InChI=1S/C16H23NO3S/c1-11(2)12-6-7-14(16(3,19)9-12)20-15(18)17-10-13-5-4-8-21-13/h4-5,8,12,14,19H,1,6-7,9-10H2,2-3H3,(H,17,18)/t12-,14?,16-/m0/s1. The largest absolute Gasteiger partial charge is 0.443 e. The fraction of sp³-hybridized carbons (Fsp3) is 0.562. The van der Waals surface area contributed by atoms with E-state index in [1.54, 1.807) is 18.3 Å². The Balaban J connectivity index is 1.84. The quantitative estimate of drug-likeness (QED) is 0.837. The fourth-order valence-corrected chi connectivity index (χ4v) is 3.39. The van der Waals surface area contributed by atoms with Crippen LogP contribution < -0.4 is 5.32 Å². The van der Waals surface area contributed by atoms with Gasteiger partial charge >= 0.3 is 6.09 Å². The summed E-state index contributed by atoms with van der Waals surface area (Å²) in [4.78, 5) is 12.9. The van der Waals surface area contributed by atoms with Gasteiger partial charge in [-0.1, -0.05) is 18.2 Å². The molecule has 1 fully saturated rings. The van der Waals surface area contributed by atoms with Crippen LogP contribution >= 0.6 is 11.3 Å². The van der Waals surface area contributed by atoms with E-state index in [0.717, 1.165) is 16.9 Å². The third-order valence-electron chi connectivity index (χ3n) is 4.06. The van der Waals surface area contributed by atoms with Crippen LogP contribution in [0.1, 0.15) is 38.0 Å². The van der Waals surface area contributed by atoms with Gasteiger partial charge in [-0.25, -0.2) is 4.79 Å². The lowest BCUT2D eigenvalue weighted by atomic mass is 9.75. The molecule has 1 aromatic heterocycles. The summed E-state index contributed by atoms with van der Waals surface area (Å²) in [6, 6.07) is 3.90. The summed E-state index contributed by atoms with van der Waals surface area (Å²) in [5.41, 5.74) is 0.0816. The Morgan fingerprint density at radius 1 is 1.62 bits per heavy atom. The Morgan fingerprint density at radius 3 is 2.95 bits per heavy atom. The highest BCUT2D eigenvalue weighted by Crippen LogP contribution is 2.37. The summed E-state index contributed by atoms with van der Waals surface area (Å²) in [5, 5.41) is 15.2. The maximum absolute atomic E-state index is 11.9. The van der Waals surface area contributed by atoms with Gasteiger partial charge in [0, 0.05) is 4.88 Å². The molecule has 116 valence electrons. The average molecular weight is 309 g/mol. The molecule has 0 saturated heterocycles. The number of allylic oxidation sites excluding steroid dienone is 1. The molecule has 5 heteroatoms. The second kappa shape index (κ2) is 6.62. The zero-order chi connectivity index (χ0) is 15.5. The molecule has 3 atom stereocenters. The first-order valence-electron chi connectivity index (χ1n) is 7.23. The molecule has 4 nitrogen and oxygen atoms in total. The molecule has 1 unspecified atom stereocenters. The van der Waals surface area contributed by atoms with E-state index < -0.39 is 17.8 Å². The van der Waals surface area contributed by atoms with Crippen molar-refractivity contribution in [3.8, 4) is 0 Å². The summed E-state index contributed by atoms with van der Waals surface area (Å²) in [6.45, 7) is 8.13. The van der Waals surface area contributed by atoms with Crippen molar-refractivity contribution in [1.29, 1.82) is 0 Å². The van der Waals surface area contributed by atoms with E-state index in [4.69, 9.17) is 4.74 Å². The Hall–Kier alpha value is -1.33. The van der Waals surface area contributed by atoms with Crippen LogP contribution in [0.2, 0.25) is 0 Å². The fourth-order valence-electron chi connectivity index (χ4n) is 2.75. The van der Waals surface area contributed by atoms with E-state index in [2.05, 4.69) is 11.9 Å². The lowest BCUT2D eigenvalue weighted by Gasteiger charge is -2.40. The van der Waals surface area contributed by atoms with Crippen LogP contribution in [0, 0.1) is 5.92 Å². The number of amides is 1. The van der Waals surface area contributed by atoms with Crippen LogP contribution in [0.3, 0.4) is 0 Å². The lowest BCUT2D eigenvalue weighted by molar-refractivity contribution is -0.100. The zero-order valence-electron chi connectivity index (χ0n) is 12.6. The third kappa shape index (κ3) is 4.32. The number of nitrogens with one attached hydrogen (secondary N) is 1. The van der Waals surface area contributed by atoms with Gasteiger partial charge in [-0.05, 0) is 50.5 Å². The minimum absolute atomic E-state index is 0.300. The molecule has 21 heavy (non-hydrogen) atoms. The van der Waals surface area contributed by atoms with Crippen molar-refractivity contribution in [2.24, 2.45) is 5.92 Å². The Kier molecular flexibility index (Phi) is 5.06. The van der Waals surface area contributed by atoms with E-state index in [1.165, 1.54) is 0 Å². The van der Waals surface area contributed by atoms with E-state index in [1.807, 2.05) is 24.4 Å². The van der Waals surface area contributed by atoms with Gasteiger partial charge in [0.25, 0.3) is 0 Å². The third-order valence-corrected chi connectivity index (χ3v) is 4.94. The van der Waals surface area contributed by atoms with E-state index in [9.17, 15) is 9.90 Å². The lowest BCUT2D eigenvalue weighted by Crippen LogP contribution is -2.48. The minimum Gasteiger partial charge on any atom is -0.443 e. The van der Waals surface area contributed by atoms with Crippen molar-refractivity contribution in [3.05, 3.63) is 34.5 Å². The molecular weight excluding hydrogens is 286 g/mol. The number of alkyl carbamates (subject to hydrolysis) is 1. The van der Waals surface area contributed by atoms with Gasteiger partial charge in [-0.15, -0.1) is 11.3 Å². The normalized spacial score (nSPS) is 28.9. The molecule has 1 aliphatic rings. The number of aliphatic hydroxyl groups is 1. The van der Waals surface area contributed by atoms with Crippen LogP contribution in [0.4, 0.5) is 4.79 Å². The molecule has 1 heterocycles. The molecule has 0 aliphatic heterocycles. The Bertz CT molecular complexity index is 496. The van der Waals surface area contributed by atoms with Gasteiger partial charge in [-0.2, -0.15) is 0 Å². The first kappa shape index (κ1) is 16.0. The summed E-state index contributed by atoms with van der Waals surface area (Å²) in [6.07, 6.45) is 1.22. The maximum Gasteiger partial charge on any atom is 0.407 e. The van der Waals surface area contributed by atoms with Gasteiger partial charge < -0.3 is 15.2 Å². The highest BCUT2D eigenvalue weighted by atomic mass is 32.1.